The van der Waals surface area contributed by atoms with Crippen LogP contribution in [0.1, 0.15) is 35.3 Å². The van der Waals surface area contributed by atoms with Crippen molar-refractivity contribution >= 4 is 12.1 Å². The van der Waals surface area contributed by atoms with Gasteiger partial charge >= 0.3 is 0 Å². The third-order valence-electron chi connectivity index (χ3n) is 3.30. The molecule has 0 bridgehead atoms. The normalized spacial score (nSPS) is 11.4. The fourth-order valence-corrected chi connectivity index (χ4v) is 2.16. The molecule has 1 N–H and O–H groups in total. The van der Waals surface area contributed by atoms with Gasteiger partial charge in [0, 0.05) is 22.7 Å². The Balaban J connectivity index is 2.07. The average molecular weight is 311 g/mol. The van der Waals surface area contributed by atoms with Crippen molar-refractivity contribution < 1.29 is 14.4 Å². The summed E-state index contributed by atoms with van der Waals surface area (Å²) in [6.45, 7) is 4.50. The van der Waals surface area contributed by atoms with Crippen LogP contribution in [0, 0.1) is 0 Å². The molecule has 1 amide bonds. The number of nitrogens with zero attached hydrogens (tertiary/aromatic N) is 1. The van der Waals surface area contributed by atoms with Gasteiger partial charge in [0.05, 0.1) is 0 Å². The summed E-state index contributed by atoms with van der Waals surface area (Å²) < 4.78 is 1.76. The first-order valence-electron chi connectivity index (χ1n) is 7.69. The highest BCUT2D eigenvalue weighted by Gasteiger charge is 2.10. The molecule has 0 heterocycles. The van der Waals surface area contributed by atoms with Crippen LogP contribution in [-0.4, -0.2) is 30.0 Å². The quantitative estimate of drug-likeness (QED) is 0.506. The van der Waals surface area contributed by atoms with Crippen LogP contribution >= 0.6 is 0 Å². The summed E-state index contributed by atoms with van der Waals surface area (Å²) in [5.41, 5.74) is 2.81. The smallest absolute Gasteiger partial charge is 0.251 e. The number of hydrogen-bond donors (Lipinski definition) is 1. The predicted octanol–water partition coefficient (Wildman–Crippen LogP) is 3.02. The molecule has 2 aromatic rings. The molecule has 0 spiro atoms. The first-order valence-corrected chi connectivity index (χ1v) is 7.69. The van der Waals surface area contributed by atoms with Gasteiger partial charge in [-0.1, -0.05) is 30.3 Å². The summed E-state index contributed by atoms with van der Waals surface area (Å²) in [5.74, 6) is -0.0500. The van der Waals surface area contributed by atoms with Crippen molar-refractivity contribution in [3.63, 3.8) is 0 Å². The zero-order chi connectivity index (χ0) is 16.7. The number of rotatable bonds is 6. The maximum absolute atomic E-state index is 11.9. The van der Waals surface area contributed by atoms with Crippen molar-refractivity contribution in [3.05, 3.63) is 71.3 Å². The van der Waals surface area contributed by atoms with Crippen LogP contribution < -0.4 is 5.32 Å². The molecule has 23 heavy (non-hydrogen) atoms. The minimum atomic E-state index is -0.0500. The SMILES string of the molecule is CO/[N+](=C\c1ccccc1)Cc1ccc(C(=O)NC(C)C)cc1. The summed E-state index contributed by atoms with van der Waals surface area (Å²) in [4.78, 5) is 17.3. The lowest BCUT2D eigenvalue weighted by molar-refractivity contribution is -0.788. The highest BCUT2D eigenvalue weighted by atomic mass is 16.6. The Morgan fingerprint density at radius 3 is 2.35 bits per heavy atom. The zero-order valence-corrected chi connectivity index (χ0v) is 13.8. The highest BCUT2D eigenvalue weighted by Crippen LogP contribution is 2.07. The van der Waals surface area contributed by atoms with Crippen molar-refractivity contribution in [2.45, 2.75) is 26.4 Å². The number of hydroxylamine groups is 1. The minimum absolute atomic E-state index is 0.0500. The minimum Gasteiger partial charge on any atom is -0.350 e. The number of carbonyl (C=O) groups excluding carboxylic acids is 1. The van der Waals surface area contributed by atoms with Crippen molar-refractivity contribution in [1.82, 2.24) is 5.32 Å². The van der Waals surface area contributed by atoms with Crippen LogP contribution in [0.25, 0.3) is 0 Å². The van der Waals surface area contributed by atoms with Crippen LogP contribution in [0.2, 0.25) is 0 Å². The number of benzene rings is 2. The van der Waals surface area contributed by atoms with Crippen LogP contribution in [0.5, 0.6) is 0 Å². The second kappa shape index (κ2) is 8.13. The second-order valence-electron chi connectivity index (χ2n) is 5.62. The summed E-state index contributed by atoms with van der Waals surface area (Å²) >= 11 is 0. The van der Waals surface area contributed by atoms with Gasteiger partial charge in [-0.3, -0.25) is 9.63 Å². The predicted molar refractivity (Wildman–Crippen MR) is 91.6 cm³/mol. The molecular weight excluding hydrogens is 288 g/mol. The molecule has 4 nitrogen and oxygen atoms in total. The molecular formula is C19H23N2O2+. The zero-order valence-electron chi connectivity index (χ0n) is 13.8. The van der Waals surface area contributed by atoms with Gasteiger partial charge in [0.25, 0.3) is 5.91 Å². The lowest BCUT2D eigenvalue weighted by Gasteiger charge is -2.08. The molecule has 120 valence electrons. The summed E-state index contributed by atoms with van der Waals surface area (Å²) in [6.07, 6.45) is 1.94. The van der Waals surface area contributed by atoms with E-state index in [-0.39, 0.29) is 11.9 Å². The molecule has 0 aliphatic rings. The van der Waals surface area contributed by atoms with E-state index in [0.717, 1.165) is 11.1 Å². The van der Waals surface area contributed by atoms with Gasteiger partial charge in [-0.15, -0.1) is 0 Å². The van der Waals surface area contributed by atoms with Gasteiger partial charge in [-0.25, -0.2) is 0 Å². The Hall–Kier alpha value is -2.62. The summed E-state index contributed by atoms with van der Waals surface area (Å²) in [5, 5.41) is 2.88. The monoisotopic (exact) mass is 311 g/mol. The number of hydrogen-bond acceptors (Lipinski definition) is 2. The number of amides is 1. The molecule has 0 fully saturated rings. The topological polar surface area (TPSA) is 41.3 Å². The lowest BCUT2D eigenvalue weighted by Crippen LogP contribution is -2.30. The third-order valence-corrected chi connectivity index (χ3v) is 3.30. The fourth-order valence-electron chi connectivity index (χ4n) is 2.16. The fraction of sp³-hybridized carbons (Fsp3) is 0.263. The average Bonchev–Trinajstić information content (AvgIpc) is 2.55. The molecule has 0 atom stereocenters. The van der Waals surface area contributed by atoms with E-state index in [1.165, 1.54) is 0 Å². The Kier molecular flexibility index (Phi) is 5.92. The molecule has 0 unspecified atom stereocenters. The van der Waals surface area contributed by atoms with Crippen LogP contribution in [-0.2, 0) is 11.4 Å². The van der Waals surface area contributed by atoms with E-state index in [9.17, 15) is 4.79 Å². The molecule has 0 saturated carbocycles. The van der Waals surface area contributed by atoms with E-state index < -0.39 is 0 Å². The van der Waals surface area contributed by atoms with E-state index in [2.05, 4.69) is 5.32 Å². The maximum atomic E-state index is 11.9. The van der Waals surface area contributed by atoms with E-state index in [1.807, 2.05) is 74.7 Å². The van der Waals surface area contributed by atoms with Crippen molar-refractivity contribution in [2.75, 3.05) is 7.11 Å². The van der Waals surface area contributed by atoms with Crippen molar-refractivity contribution in [1.29, 1.82) is 0 Å². The van der Waals surface area contributed by atoms with E-state index >= 15 is 0 Å². The highest BCUT2D eigenvalue weighted by molar-refractivity contribution is 5.94. The van der Waals surface area contributed by atoms with Gasteiger partial charge in [0.15, 0.2) is 0 Å². The van der Waals surface area contributed by atoms with E-state index in [1.54, 1.807) is 11.8 Å². The van der Waals surface area contributed by atoms with Crippen LogP contribution in [0.3, 0.4) is 0 Å². The van der Waals surface area contributed by atoms with E-state index in [0.29, 0.717) is 12.1 Å². The molecule has 2 rings (SSSR count). The molecule has 0 aromatic heterocycles. The van der Waals surface area contributed by atoms with Crippen molar-refractivity contribution in [2.24, 2.45) is 0 Å². The number of carbonyl (C=O) groups is 1. The molecule has 0 radical (unpaired) electrons. The molecule has 0 saturated heterocycles. The van der Waals surface area contributed by atoms with Gasteiger partial charge in [-0.2, -0.15) is 0 Å². The Labute approximate surface area is 137 Å². The first-order chi connectivity index (χ1) is 11.1. The molecule has 0 aliphatic carbocycles. The van der Waals surface area contributed by atoms with Crippen LogP contribution in [0.4, 0.5) is 0 Å². The maximum Gasteiger partial charge on any atom is 0.251 e. The van der Waals surface area contributed by atoms with Crippen LogP contribution in [0.15, 0.2) is 54.6 Å². The largest absolute Gasteiger partial charge is 0.350 e. The Bertz CT molecular complexity index is 662. The van der Waals surface area contributed by atoms with Gasteiger partial charge in [0.2, 0.25) is 12.8 Å². The van der Waals surface area contributed by atoms with E-state index in [4.69, 9.17) is 4.84 Å². The molecule has 0 aliphatic heterocycles. The number of nitrogens with one attached hydrogen (secondary N) is 1. The summed E-state index contributed by atoms with van der Waals surface area (Å²) in [7, 11) is 1.64. The van der Waals surface area contributed by atoms with Gasteiger partial charge in [0.1, 0.15) is 7.11 Å². The summed E-state index contributed by atoms with van der Waals surface area (Å²) in [6, 6.07) is 17.7. The molecule has 2 aromatic carbocycles. The van der Waals surface area contributed by atoms with Gasteiger partial charge < -0.3 is 5.32 Å². The van der Waals surface area contributed by atoms with Gasteiger partial charge in [-0.05, 0) is 42.9 Å². The third kappa shape index (κ3) is 5.25. The first kappa shape index (κ1) is 16.7. The second-order valence-corrected chi connectivity index (χ2v) is 5.62. The lowest BCUT2D eigenvalue weighted by atomic mass is 10.1. The Morgan fingerprint density at radius 2 is 1.78 bits per heavy atom. The Morgan fingerprint density at radius 1 is 1.13 bits per heavy atom. The molecule has 4 heteroatoms. The standard InChI is InChI=1S/C19H22N2O2/c1-15(2)20-19(22)18-11-9-17(10-12-18)14-21(23-3)13-16-7-5-4-6-8-16/h4-13,15H,14H2,1-3H3/p+1/b21-13-. The van der Waals surface area contributed by atoms with Crippen molar-refractivity contribution in [3.8, 4) is 0 Å².